The van der Waals surface area contributed by atoms with Crippen LogP contribution in [0.2, 0.25) is 0 Å². The smallest absolute Gasteiger partial charge is 0.0619 e. The Morgan fingerprint density at radius 3 is 1.89 bits per heavy atom. The first kappa shape index (κ1) is 35.6. The van der Waals surface area contributed by atoms with Crippen molar-refractivity contribution in [3.8, 4) is 39.1 Å². The van der Waals surface area contributed by atoms with Gasteiger partial charge in [0.15, 0.2) is 0 Å². The van der Waals surface area contributed by atoms with E-state index in [1.807, 2.05) is 12.1 Å². The Morgan fingerprint density at radius 1 is 0.371 bits per heavy atom. The minimum absolute atomic E-state index is 1.07. The first-order valence-electron chi connectivity index (χ1n) is 21.2. The topological polar surface area (TPSA) is 8.17 Å². The van der Waals surface area contributed by atoms with E-state index in [-0.39, 0.29) is 0 Å². The van der Waals surface area contributed by atoms with Crippen LogP contribution in [-0.4, -0.2) is 4.57 Å². The Kier molecular flexibility index (Phi) is 8.44. The highest BCUT2D eigenvalue weighted by atomic mass is 15.1. The van der Waals surface area contributed by atoms with Crippen LogP contribution in [-0.2, 0) is 0 Å². The largest absolute Gasteiger partial charge is 0.310 e. The van der Waals surface area contributed by atoms with Gasteiger partial charge in [-0.2, -0.15) is 0 Å². The van der Waals surface area contributed by atoms with E-state index >= 15 is 0 Å². The third-order valence-corrected chi connectivity index (χ3v) is 12.4. The predicted octanol–water partition coefficient (Wildman–Crippen LogP) is 16.3. The molecule has 0 saturated heterocycles. The summed E-state index contributed by atoms with van der Waals surface area (Å²) in [7, 11) is 0. The molecule has 1 heterocycles. The molecule has 12 aromatic rings. The Hall–Kier alpha value is -8.38. The molecule has 0 saturated carbocycles. The molecule has 288 valence electrons. The summed E-state index contributed by atoms with van der Waals surface area (Å²) in [6.07, 6.45) is 0. The van der Waals surface area contributed by atoms with Crippen molar-refractivity contribution in [1.29, 1.82) is 0 Å². The minimum Gasteiger partial charge on any atom is -0.310 e. The molecule has 0 aliphatic rings. The quantitative estimate of drug-likeness (QED) is 0.146. The fourth-order valence-electron chi connectivity index (χ4n) is 9.58. The number of rotatable bonds is 7. The monoisotopic (exact) mass is 786 g/mol. The minimum atomic E-state index is 1.07. The molecule has 2 nitrogen and oxygen atoms in total. The first-order valence-corrected chi connectivity index (χ1v) is 21.2. The van der Waals surface area contributed by atoms with Crippen molar-refractivity contribution >= 4 is 71.2 Å². The molecule has 0 N–H and O–H groups in total. The van der Waals surface area contributed by atoms with Crippen LogP contribution in [0.4, 0.5) is 17.1 Å². The van der Waals surface area contributed by atoms with Gasteiger partial charge < -0.3 is 9.47 Å². The number of aromatic nitrogens is 1. The van der Waals surface area contributed by atoms with Crippen molar-refractivity contribution in [2.24, 2.45) is 0 Å². The Morgan fingerprint density at radius 2 is 1.03 bits per heavy atom. The molecule has 0 amide bonds. The van der Waals surface area contributed by atoms with Gasteiger partial charge in [-0.1, -0.05) is 182 Å². The molecule has 0 spiro atoms. The van der Waals surface area contributed by atoms with Gasteiger partial charge >= 0.3 is 0 Å². The summed E-state index contributed by atoms with van der Waals surface area (Å²) in [5.74, 6) is 0. The van der Waals surface area contributed by atoms with Gasteiger partial charge in [-0.25, -0.2) is 0 Å². The van der Waals surface area contributed by atoms with Gasteiger partial charge in [0.05, 0.1) is 22.4 Å². The number of fused-ring (bicyclic) bond motifs is 8. The van der Waals surface area contributed by atoms with E-state index in [2.05, 4.69) is 240 Å². The molecular formula is C60H38N2. The van der Waals surface area contributed by atoms with E-state index in [9.17, 15) is 0 Å². The second kappa shape index (κ2) is 14.7. The van der Waals surface area contributed by atoms with E-state index in [1.165, 1.54) is 76.4 Å². The van der Waals surface area contributed by atoms with Crippen LogP contribution in [0.15, 0.2) is 231 Å². The first-order chi connectivity index (χ1) is 30.8. The highest BCUT2D eigenvalue weighted by Gasteiger charge is 2.21. The van der Waals surface area contributed by atoms with Crippen LogP contribution < -0.4 is 4.90 Å². The third kappa shape index (κ3) is 5.91. The number of benzene rings is 10. The zero-order valence-corrected chi connectivity index (χ0v) is 33.8. The molecule has 0 atom stereocenters. The molecule has 11 aromatic carbocycles. The van der Waals surface area contributed by atoms with Gasteiger partial charge in [0.25, 0.3) is 0 Å². The number of hydrogen-bond donors (Lipinski definition) is 0. The number of nitrogens with zero attached hydrogens (tertiary/aromatic N) is 2. The van der Waals surface area contributed by atoms with Crippen molar-refractivity contribution in [2.75, 3.05) is 4.90 Å². The van der Waals surface area contributed by atoms with E-state index in [0.717, 1.165) is 33.8 Å². The highest BCUT2D eigenvalue weighted by molar-refractivity contribution is 6.22. The normalized spacial score (nSPS) is 11.4. The maximum Gasteiger partial charge on any atom is 0.0619 e. The molecule has 0 aliphatic heterocycles. The molecule has 1 aromatic heterocycles. The fourth-order valence-corrected chi connectivity index (χ4v) is 9.58. The number of para-hydroxylation sites is 1. The second-order valence-corrected chi connectivity index (χ2v) is 15.9. The summed E-state index contributed by atoms with van der Waals surface area (Å²) in [5.41, 5.74) is 13.7. The third-order valence-electron chi connectivity index (χ3n) is 12.4. The molecule has 62 heavy (non-hydrogen) atoms. The molecule has 0 bridgehead atoms. The van der Waals surface area contributed by atoms with E-state index in [4.69, 9.17) is 0 Å². The average Bonchev–Trinajstić information content (AvgIpc) is 3.70. The molecule has 2 heteroatoms. The van der Waals surface area contributed by atoms with Crippen LogP contribution in [0.3, 0.4) is 0 Å². The lowest BCUT2D eigenvalue weighted by molar-refractivity contribution is 1.19. The number of hydrogen-bond acceptors (Lipinski definition) is 1. The van der Waals surface area contributed by atoms with Gasteiger partial charge in [-0.05, 0) is 109 Å². The van der Waals surface area contributed by atoms with Crippen LogP contribution in [0.5, 0.6) is 0 Å². The van der Waals surface area contributed by atoms with Crippen LogP contribution in [0.1, 0.15) is 0 Å². The van der Waals surface area contributed by atoms with Crippen LogP contribution in [0.25, 0.3) is 93.2 Å². The van der Waals surface area contributed by atoms with E-state index in [0.29, 0.717) is 0 Å². The standard InChI is InChI=1S/C60H38N2/c1-3-15-42(16-4-1)53-24-11-12-27-57(53)61(49-35-31-41(32-36-49)45-34-37-52-47(39-45)30-29-43-17-7-9-23-51(43)52)50-22-13-19-46(40-50)54-26-14-28-58-59(54)56-38-33-44-18-8-10-25-55(44)60(56)62(58)48-20-5-2-6-21-48/h1,3-5,7-40H. The maximum atomic E-state index is 3.21. The summed E-state index contributed by atoms with van der Waals surface area (Å²) in [4.78, 5) is 2.41. The Bertz CT molecular complexity index is 3620. The van der Waals surface area contributed by atoms with Crippen LogP contribution in [0, 0.1) is 12.1 Å². The molecule has 0 radical (unpaired) electrons. The molecule has 0 unspecified atom stereocenters. The van der Waals surface area contributed by atoms with Gasteiger partial charge in [-0.3, -0.25) is 0 Å². The fraction of sp³-hybridized carbons (Fsp3) is 0. The average molecular weight is 787 g/mol. The predicted molar refractivity (Wildman–Crippen MR) is 262 cm³/mol. The summed E-state index contributed by atoms with van der Waals surface area (Å²) in [6, 6.07) is 89.8. The van der Waals surface area contributed by atoms with Crippen molar-refractivity contribution in [2.45, 2.75) is 0 Å². The summed E-state index contributed by atoms with van der Waals surface area (Å²) >= 11 is 0. The molecule has 0 fully saturated rings. The van der Waals surface area contributed by atoms with Crippen molar-refractivity contribution in [3.05, 3.63) is 243 Å². The summed E-state index contributed by atoms with van der Waals surface area (Å²) in [5, 5.41) is 9.94. The lowest BCUT2D eigenvalue weighted by Gasteiger charge is -2.28. The van der Waals surface area contributed by atoms with Gasteiger partial charge in [0.2, 0.25) is 0 Å². The van der Waals surface area contributed by atoms with E-state index < -0.39 is 0 Å². The van der Waals surface area contributed by atoms with Gasteiger partial charge in [0.1, 0.15) is 0 Å². The van der Waals surface area contributed by atoms with Crippen molar-refractivity contribution < 1.29 is 0 Å². The lowest BCUT2D eigenvalue weighted by atomic mass is 9.96. The molecule has 0 aliphatic carbocycles. The van der Waals surface area contributed by atoms with Gasteiger partial charge in [0, 0.05) is 39.2 Å². The Labute approximate surface area is 360 Å². The number of anilines is 3. The van der Waals surface area contributed by atoms with Gasteiger partial charge in [-0.15, -0.1) is 0 Å². The zero-order chi connectivity index (χ0) is 41.0. The lowest BCUT2D eigenvalue weighted by Crippen LogP contribution is -2.11. The van der Waals surface area contributed by atoms with Crippen LogP contribution >= 0.6 is 0 Å². The summed E-state index contributed by atoms with van der Waals surface area (Å²) < 4.78 is 2.40. The zero-order valence-electron chi connectivity index (χ0n) is 33.8. The highest BCUT2D eigenvalue weighted by Crippen LogP contribution is 2.45. The van der Waals surface area contributed by atoms with Crippen molar-refractivity contribution in [3.63, 3.8) is 0 Å². The summed E-state index contributed by atoms with van der Waals surface area (Å²) in [6.45, 7) is 0. The van der Waals surface area contributed by atoms with E-state index in [1.54, 1.807) is 0 Å². The SMILES string of the molecule is c1ccc(-n2c3cccc(-c4cccc(N(c5ccc(-c6ccc7c(ccc8ccccc87)c6)cc5)c5ccccc5-c5ccccc5)c4)c3c3ccc4ccccc4c32)cc#1. The second-order valence-electron chi connectivity index (χ2n) is 15.9. The maximum absolute atomic E-state index is 3.21. The molecular weight excluding hydrogens is 749 g/mol. The molecule has 12 rings (SSSR count). The van der Waals surface area contributed by atoms with Crippen molar-refractivity contribution in [1.82, 2.24) is 4.57 Å². The Balaban J connectivity index is 1.03.